The van der Waals surface area contributed by atoms with E-state index < -0.39 is 0 Å². The molecule has 0 atom stereocenters. The van der Waals surface area contributed by atoms with Gasteiger partial charge in [-0.15, -0.1) is 0 Å². The van der Waals surface area contributed by atoms with Crippen molar-refractivity contribution in [3.8, 4) is 23.0 Å². The monoisotopic (exact) mass is 337 g/mol. The Labute approximate surface area is 147 Å². The molecular formula is C19H23N5O. The predicted octanol–water partition coefficient (Wildman–Crippen LogP) is 3.69. The average Bonchev–Trinajstić information content (AvgIpc) is 3.14. The highest BCUT2D eigenvalue weighted by Gasteiger charge is 2.32. The second-order valence-corrected chi connectivity index (χ2v) is 7.64. The smallest absolute Gasteiger partial charge is 0.278 e. The van der Waals surface area contributed by atoms with Crippen LogP contribution < -0.4 is 5.73 Å². The van der Waals surface area contributed by atoms with E-state index in [-0.39, 0.29) is 5.54 Å². The van der Waals surface area contributed by atoms with Gasteiger partial charge < -0.3 is 10.3 Å². The van der Waals surface area contributed by atoms with Crippen LogP contribution in [0.4, 0.5) is 0 Å². The van der Waals surface area contributed by atoms with Gasteiger partial charge in [-0.3, -0.25) is 4.68 Å². The van der Waals surface area contributed by atoms with Crippen LogP contribution in [-0.4, -0.2) is 19.9 Å². The van der Waals surface area contributed by atoms with Crippen LogP contribution in [0.1, 0.15) is 50.8 Å². The number of rotatable bonds is 4. The topological polar surface area (TPSA) is 82.8 Å². The third kappa shape index (κ3) is 3.09. The van der Waals surface area contributed by atoms with Crippen molar-refractivity contribution < 1.29 is 4.52 Å². The summed E-state index contributed by atoms with van der Waals surface area (Å²) in [7, 11) is 0. The van der Waals surface area contributed by atoms with Crippen LogP contribution in [0.3, 0.4) is 0 Å². The molecule has 130 valence electrons. The Balaban J connectivity index is 1.68. The number of hydrogen-bond acceptors (Lipinski definition) is 5. The van der Waals surface area contributed by atoms with Crippen molar-refractivity contribution in [2.24, 2.45) is 5.73 Å². The van der Waals surface area contributed by atoms with Crippen molar-refractivity contribution in [1.82, 2.24) is 19.9 Å². The highest BCUT2D eigenvalue weighted by Crippen LogP contribution is 2.42. The van der Waals surface area contributed by atoms with Gasteiger partial charge >= 0.3 is 0 Å². The van der Waals surface area contributed by atoms with Gasteiger partial charge in [0.05, 0.1) is 5.54 Å². The molecule has 1 saturated carbocycles. The lowest BCUT2D eigenvalue weighted by Gasteiger charge is -2.22. The van der Waals surface area contributed by atoms with Crippen molar-refractivity contribution >= 4 is 0 Å². The molecule has 1 aromatic carbocycles. The Hall–Kier alpha value is -2.47. The molecule has 2 heterocycles. The van der Waals surface area contributed by atoms with E-state index in [4.69, 9.17) is 15.4 Å². The summed E-state index contributed by atoms with van der Waals surface area (Å²) in [6.45, 7) is 7.00. The molecule has 1 aliphatic carbocycles. The maximum atomic E-state index is 5.64. The Bertz CT molecular complexity index is 881. The molecule has 1 aliphatic rings. The first-order chi connectivity index (χ1) is 12.0. The second-order valence-electron chi connectivity index (χ2n) is 7.64. The van der Waals surface area contributed by atoms with Gasteiger partial charge in [0.15, 0.2) is 5.69 Å². The molecule has 0 spiro atoms. The minimum Gasteiger partial charge on any atom is -0.332 e. The van der Waals surface area contributed by atoms with Crippen LogP contribution in [0.2, 0.25) is 0 Å². The zero-order valence-corrected chi connectivity index (χ0v) is 14.9. The summed E-state index contributed by atoms with van der Waals surface area (Å²) in [5.74, 6) is 1.63. The molecule has 2 aromatic heterocycles. The van der Waals surface area contributed by atoms with Crippen LogP contribution in [0, 0.1) is 0 Å². The lowest BCUT2D eigenvalue weighted by Crippen LogP contribution is -2.25. The second kappa shape index (κ2) is 5.81. The number of hydrogen-bond donors (Lipinski definition) is 1. The number of nitrogens with zero attached hydrogens (tertiary/aromatic N) is 4. The minimum atomic E-state index is -0.0723. The Morgan fingerprint density at radius 3 is 2.52 bits per heavy atom. The summed E-state index contributed by atoms with van der Waals surface area (Å²) in [5, 5.41) is 8.86. The van der Waals surface area contributed by atoms with E-state index in [1.54, 1.807) is 0 Å². The zero-order chi connectivity index (χ0) is 17.6. The lowest BCUT2D eigenvalue weighted by molar-refractivity contribution is 0.343. The van der Waals surface area contributed by atoms with Crippen molar-refractivity contribution in [2.75, 3.05) is 0 Å². The molecule has 2 N–H and O–H groups in total. The predicted molar refractivity (Wildman–Crippen MR) is 95.8 cm³/mol. The molecule has 0 unspecified atom stereocenters. The van der Waals surface area contributed by atoms with Gasteiger partial charge in [0.1, 0.15) is 0 Å². The number of nitrogens with two attached hydrogens (primary N) is 1. The van der Waals surface area contributed by atoms with Crippen molar-refractivity contribution in [1.29, 1.82) is 0 Å². The molecule has 4 rings (SSSR count). The third-order valence-electron chi connectivity index (χ3n) is 4.46. The fourth-order valence-electron chi connectivity index (χ4n) is 2.94. The van der Waals surface area contributed by atoms with Crippen molar-refractivity contribution in [3.63, 3.8) is 0 Å². The Morgan fingerprint density at radius 2 is 1.92 bits per heavy atom. The van der Waals surface area contributed by atoms with Crippen LogP contribution in [0.25, 0.3) is 23.0 Å². The first-order valence-corrected chi connectivity index (χ1v) is 8.69. The van der Waals surface area contributed by atoms with Crippen molar-refractivity contribution in [3.05, 3.63) is 41.6 Å². The largest absolute Gasteiger partial charge is 0.332 e. The van der Waals surface area contributed by atoms with Gasteiger partial charge in [-0.25, -0.2) is 0 Å². The summed E-state index contributed by atoms with van der Waals surface area (Å²) < 4.78 is 7.58. The summed E-state index contributed by atoms with van der Waals surface area (Å²) in [5.41, 5.74) is 9.55. The quantitative estimate of drug-likeness (QED) is 0.785. The molecule has 25 heavy (non-hydrogen) atoms. The summed E-state index contributed by atoms with van der Waals surface area (Å²) >= 11 is 0. The molecule has 0 saturated heterocycles. The molecule has 6 nitrogen and oxygen atoms in total. The van der Waals surface area contributed by atoms with Crippen molar-refractivity contribution in [2.45, 2.75) is 51.6 Å². The summed E-state index contributed by atoms with van der Waals surface area (Å²) in [6.07, 6.45) is 2.45. The SMILES string of the molecule is CC(C)(C)n1nc(-c2nc(-c3ccc(CN)cc3)no2)cc1C1CC1. The molecule has 0 aliphatic heterocycles. The van der Waals surface area contributed by atoms with E-state index in [0.29, 0.717) is 24.2 Å². The summed E-state index contributed by atoms with van der Waals surface area (Å²) in [4.78, 5) is 4.54. The molecular weight excluding hydrogens is 314 g/mol. The minimum absolute atomic E-state index is 0.0723. The zero-order valence-electron chi connectivity index (χ0n) is 14.9. The van der Waals surface area contributed by atoms with Gasteiger partial charge in [-0.2, -0.15) is 10.1 Å². The number of aromatic nitrogens is 4. The third-order valence-corrected chi connectivity index (χ3v) is 4.46. The molecule has 3 aromatic rings. The van der Waals surface area contributed by atoms with Gasteiger partial charge in [0, 0.05) is 23.7 Å². The van der Waals surface area contributed by atoms with E-state index >= 15 is 0 Å². The van der Waals surface area contributed by atoms with Crippen LogP contribution in [0.15, 0.2) is 34.9 Å². The van der Waals surface area contributed by atoms with Gasteiger partial charge in [0.25, 0.3) is 5.89 Å². The molecule has 1 fully saturated rings. The standard InChI is InChI=1S/C19H23N5O/c1-19(2,3)24-16(13-8-9-13)10-15(22-24)18-21-17(23-25-18)14-6-4-12(11-20)5-7-14/h4-7,10,13H,8-9,11,20H2,1-3H3. The molecule has 0 radical (unpaired) electrons. The number of benzene rings is 1. The molecule has 0 amide bonds. The normalized spacial score (nSPS) is 14.9. The Morgan fingerprint density at radius 1 is 1.20 bits per heavy atom. The molecule has 0 bridgehead atoms. The fraction of sp³-hybridized carbons (Fsp3) is 0.421. The first kappa shape index (κ1) is 16.0. The van der Waals surface area contributed by atoms with Gasteiger partial charge in [-0.05, 0) is 45.2 Å². The Kier molecular flexibility index (Phi) is 3.72. The van der Waals surface area contributed by atoms with E-state index in [1.165, 1.54) is 18.5 Å². The maximum absolute atomic E-state index is 5.64. The maximum Gasteiger partial charge on any atom is 0.278 e. The van der Waals surface area contributed by atoms with E-state index in [9.17, 15) is 0 Å². The van der Waals surface area contributed by atoms with Crippen LogP contribution in [0.5, 0.6) is 0 Å². The van der Waals surface area contributed by atoms with Gasteiger partial charge in [-0.1, -0.05) is 29.4 Å². The van der Waals surface area contributed by atoms with E-state index in [1.807, 2.05) is 24.3 Å². The van der Waals surface area contributed by atoms with Gasteiger partial charge in [0.2, 0.25) is 5.82 Å². The highest BCUT2D eigenvalue weighted by atomic mass is 16.5. The molecule has 6 heteroatoms. The van der Waals surface area contributed by atoms with Crippen LogP contribution >= 0.6 is 0 Å². The van der Waals surface area contributed by atoms with E-state index in [2.05, 4.69) is 41.7 Å². The van der Waals surface area contributed by atoms with E-state index in [0.717, 1.165) is 16.8 Å². The first-order valence-electron chi connectivity index (χ1n) is 8.69. The average molecular weight is 337 g/mol. The van der Waals surface area contributed by atoms with Crippen LogP contribution in [-0.2, 0) is 12.1 Å². The fourth-order valence-corrected chi connectivity index (χ4v) is 2.94. The lowest BCUT2D eigenvalue weighted by atomic mass is 10.1. The highest BCUT2D eigenvalue weighted by molar-refractivity contribution is 5.58. The summed E-state index contributed by atoms with van der Waals surface area (Å²) in [6, 6.07) is 9.97.